The molecule has 2 rings (SSSR count). The van der Waals surface area contributed by atoms with Crippen LogP contribution in [0.1, 0.15) is 18.4 Å². The van der Waals surface area contributed by atoms with Crippen LogP contribution in [0, 0.1) is 17.6 Å². The van der Waals surface area contributed by atoms with Crippen LogP contribution >= 0.6 is 15.9 Å². The molecule has 1 aliphatic heterocycles. The van der Waals surface area contributed by atoms with Crippen molar-refractivity contribution in [2.24, 2.45) is 5.92 Å². The SMILES string of the molecule is O=C(Cc1c(F)cccc1F)N1CCCC(CBr)C1. The number of hydrogen-bond acceptors (Lipinski definition) is 1. The summed E-state index contributed by atoms with van der Waals surface area (Å²) in [6, 6.07) is 3.67. The number of alkyl halides is 1. The van der Waals surface area contributed by atoms with Gasteiger partial charge in [-0.15, -0.1) is 0 Å². The first kappa shape index (κ1) is 14.4. The van der Waals surface area contributed by atoms with Gasteiger partial charge in [0.05, 0.1) is 6.42 Å². The van der Waals surface area contributed by atoms with Crippen molar-refractivity contribution in [3.05, 3.63) is 35.4 Å². The van der Waals surface area contributed by atoms with E-state index < -0.39 is 11.6 Å². The van der Waals surface area contributed by atoms with Gasteiger partial charge in [-0.3, -0.25) is 4.79 Å². The van der Waals surface area contributed by atoms with E-state index in [2.05, 4.69) is 15.9 Å². The van der Waals surface area contributed by atoms with E-state index in [0.29, 0.717) is 19.0 Å². The number of piperidine rings is 1. The number of carbonyl (C=O) groups is 1. The highest BCUT2D eigenvalue weighted by Crippen LogP contribution is 2.20. The lowest BCUT2D eigenvalue weighted by molar-refractivity contribution is -0.132. The summed E-state index contributed by atoms with van der Waals surface area (Å²) >= 11 is 3.42. The van der Waals surface area contributed by atoms with Crippen LogP contribution in [0.25, 0.3) is 0 Å². The second-order valence-electron chi connectivity index (χ2n) is 4.88. The van der Waals surface area contributed by atoms with Gasteiger partial charge in [-0.05, 0) is 30.9 Å². The number of rotatable bonds is 3. The Kier molecular flexibility index (Phi) is 4.91. The summed E-state index contributed by atoms with van der Waals surface area (Å²) in [5.41, 5.74) is -0.131. The number of hydrogen-bond donors (Lipinski definition) is 0. The molecule has 0 radical (unpaired) electrons. The van der Waals surface area contributed by atoms with Gasteiger partial charge in [-0.2, -0.15) is 0 Å². The molecule has 1 heterocycles. The molecule has 1 amide bonds. The first-order valence-corrected chi connectivity index (χ1v) is 7.50. The standard InChI is InChI=1S/C14H16BrF2NO/c15-8-10-3-2-6-18(9-10)14(19)7-11-12(16)4-1-5-13(11)17/h1,4-5,10H,2-3,6-9H2. The van der Waals surface area contributed by atoms with Gasteiger partial charge in [-0.25, -0.2) is 8.78 Å². The third-order valence-corrected chi connectivity index (χ3v) is 4.40. The monoisotopic (exact) mass is 331 g/mol. The number of carbonyl (C=O) groups excluding carboxylic acids is 1. The van der Waals surface area contributed by atoms with Crippen LogP contribution < -0.4 is 0 Å². The van der Waals surface area contributed by atoms with Crippen molar-refractivity contribution in [3.8, 4) is 0 Å². The summed E-state index contributed by atoms with van der Waals surface area (Å²) in [7, 11) is 0. The maximum absolute atomic E-state index is 13.5. The van der Waals surface area contributed by atoms with Crippen LogP contribution in [0.4, 0.5) is 8.78 Å². The number of likely N-dealkylation sites (tertiary alicyclic amines) is 1. The van der Waals surface area contributed by atoms with E-state index in [1.54, 1.807) is 4.90 Å². The molecule has 1 atom stereocenters. The Bertz CT molecular complexity index is 447. The summed E-state index contributed by atoms with van der Waals surface area (Å²) in [4.78, 5) is 13.8. The van der Waals surface area contributed by atoms with Gasteiger partial charge in [0, 0.05) is 24.0 Å². The van der Waals surface area contributed by atoms with Crippen molar-refractivity contribution in [3.63, 3.8) is 0 Å². The molecular formula is C14H16BrF2NO. The summed E-state index contributed by atoms with van der Waals surface area (Å²) in [5.74, 6) is -1.07. The average molecular weight is 332 g/mol. The Balaban J connectivity index is 2.04. The number of benzene rings is 1. The van der Waals surface area contributed by atoms with E-state index >= 15 is 0 Å². The molecule has 19 heavy (non-hydrogen) atoms. The van der Waals surface area contributed by atoms with Crippen LogP contribution in [-0.2, 0) is 11.2 Å². The van der Waals surface area contributed by atoms with Crippen molar-refractivity contribution in [1.82, 2.24) is 4.90 Å². The van der Waals surface area contributed by atoms with Gasteiger partial charge in [0.2, 0.25) is 5.91 Å². The smallest absolute Gasteiger partial charge is 0.227 e. The third kappa shape index (κ3) is 3.53. The van der Waals surface area contributed by atoms with Crippen molar-refractivity contribution in [1.29, 1.82) is 0 Å². The molecule has 1 saturated heterocycles. The summed E-state index contributed by atoms with van der Waals surface area (Å²) in [5, 5.41) is 0.852. The third-order valence-electron chi connectivity index (χ3n) is 3.48. The fourth-order valence-corrected chi connectivity index (χ4v) is 2.91. The Morgan fingerprint density at radius 3 is 2.68 bits per heavy atom. The van der Waals surface area contributed by atoms with Crippen molar-refractivity contribution < 1.29 is 13.6 Å². The first-order chi connectivity index (χ1) is 9.11. The molecule has 0 aromatic heterocycles. The molecule has 0 spiro atoms. The quantitative estimate of drug-likeness (QED) is 0.779. The lowest BCUT2D eigenvalue weighted by Crippen LogP contribution is -2.41. The highest BCUT2D eigenvalue weighted by molar-refractivity contribution is 9.09. The molecule has 1 aliphatic rings. The van der Waals surface area contributed by atoms with Crippen LogP contribution in [-0.4, -0.2) is 29.2 Å². The molecule has 1 fully saturated rings. The van der Waals surface area contributed by atoms with Crippen molar-refractivity contribution >= 4 is 21.8 Å². The molecular weight excluding hydrogens is 316 g/mol. The van der Waals surface area contributed by atoms with E-state index in [1.165, 1.54) is 18.2 Å². The summed E-state index contributed by atoms with van der Waals surface area (Å²) in [6.45, 7) is 1.35. The van der Waals surface area contributed by atoms with E-state index in [9.17, 15) is 13.6 Å². The van der Waals surface area contributed by atoms with Gasteiger partial charge in [-0.1, -0.05) is 22.0 Å². The molecule has 1 unspecified atom stereocenters. The fraction of sp³-hybridized carbons (Fsp3) is 0.500. The lowest BCUT2D eigenvalue weighted by atomic mass is 9.99. The molecule has 104 valence electrons. The van der Waals surface area contributed by atoms with Gasteiger partial charge >= 0.3 is 0 Å². The molecule has 0 saturated carbocycles. The summed E-state index contributed by atoms with van der Waals surface area (Å²) < 4.78 is 27.0. The minimum atomic E-state index is -0.651. The first-order valence-electron chi connectivity index (χ1n) is 6.38. The minimum absolute atomic E-state index is 0.131. The lowest BCUT2D eigenvalue weighted by Gasteiger charge is -2.32. The zero-order valence-electron chi connectivity index (χ0n) is 10.5. The van der Waals surface area contributed by atoms with Gasteiger partial charge in [0.1, 0.15) is 11.6 Å². The Morgan fingerprint density at radius 1 is 1.37 bits per heavy atom. The number of amides is 1. The Labute approximate surface area is 119 Å². The Hall–Kier alpha value is -0.970. The predicted molar refractivity (Wildman–Crippen MR) is 73.2 cm³/mol. The normalized spacial score (nSPS) is 19.5. The van der Waals surface area contributed by atoms with Gasteiger partial charge in [0.25, 0.3) is 0 Å². The van der Waals surface area contributed by atoms with Gasteiger partial charge < -0.3 is 4.90 Å². The fourth-order valence-electron chi connectivity index (χ4n) is 2.38. The Morgan fingerprint density at radius 2 is 2.05 bits per heavy atom. The van der Waals surface area contributed by atoms with Crippen molar-refractivity contribution in [2.75, 3.05) is 18.4 Å². The van der Waals surface area contributed by atoms with Crippen LogP contribution in [0.15, 0.2) is 18.2 Å². The maximum atomic E-state index is 13.5. The van der Waals surface area contributed by atoms with E-state index in [1.807, 2.05) is 0 Å². The molecule has 2 nitrogen and oxygen atoms in total. The van der Waals surface area contributed by atoms with Crippen molar-refractivity contribution in [2.45, 2.75) is 19.3 Å². The van der Waals surface area contributed by atoms with Crippen LogP contribution in [0.5, 0.6) is 0 Å². The molecule has 1 aromatic carbocycles. The van der Waals surface area contributed by atoms with Crippen LogP contribution in [0.2, 0.25) is 0 Å². The van der Waals surface area contributed by atoms with E-state index in [-0.39, 0.29) is 17.9 Å². The predicted octanol–water partition coefficient (Wildman–Crippen LogP) is 3.14. The molecule has 0 aliphatic carbocycles. The van der Waals surface area contributed by atoms with Gasteiger partial charge in [0.15, 0.2) is 0 Å². The molecule has 0 bridgehead atoms. The second-order valence-corrected chi connectivity index (χ2v) is 5.53. The summed E-state index contributed by atoms with van der Waals surface area (Å²) in [6.07, 6.45) is 1.83. The van der Waals surface area contributed by atoms with E-state index in [0.717, 1.165) is 18.2 Å². The molecule has 5 heteroatoms. The highest BCUT2D eigenvalue weighted by Gasteiger charge is 2.24. The zero-order chi connectivity index (χ0) is 13.8. The van der Waals surface area contributed by atoms with Crippen LogP contribution in [0.3, 0.4) is 0 Å². The zero-order valence-corrected chi connectivity index (χ0v) is 12.1. The number of halogens is 3. The largest absolute Gasteiger partial charge is 0.342 e. The maximum Gasteiger partial charge on any atom is 0.227 e. The molecule has 0 N–H and O–H groups in total. The topological polar surface area (TPSA) is 20.3 Å². The highest BCUT2D eigenvalue weighted by atomic mass is 79.9. The minimum Gasteiger partial charge on any atom is -0.342 e. The average Bonchev–Trinajstić information content (AvgIpc) is 2.43. The second kappa shape index (κ2) is 6.46. The number of nitrogens with zero attached hydrogens (tertiary/aromatic N) is 1. The molecule has 1 aromatic rings. The van der Waals surface area contributed by atoms with E-state index in [4.69, 9.17) is 0 Å².